The number of halogens is 1. The number of hydrogen-bond acceptors (Lipinski definition) is 2. The maximum atomic E-state index is 4.19. The van der Waals surface area contributed by atoms with E-state index in [1.807, 2.05) is 31.2 Å². The second-order valence-corrected chi connectivity index (χ2v) is 3.52. The summed E-state index contributed by atoms with van der Waals surface area (Å²) in [6.07, 6.45) is 0. The second kappa shape index (κ2) is 3.30. The summed E-state index contributed by atoms with van der Waals surface area (Å²) in [7, 11) is 0. The zero-order valence-electron chi connectivity index (χ0n) is 7.08. The molecule has 0 saturated carbocycles. The largest absolute Gasteiger partial charge is 0.253 e. The number of benzene rings is 1. The van der Waals surface area contributed by atoms with E-state index in [0.29, 0.717) is 4.73 Å². The number of aromatic amines is 1. The molecule has 0 bridgehead atoms. The van der Waals surface area contributed by atoms with E-state index in [1.165, 1.54) is 5.56 Å². The van der Waals surface area contributed by atoms with Crippen LogP contribution in [0.1, 0.15) is 5.56 Å². The van der Waals surface area contributed by atoms with E-state index < -0.39 is 0 Å². The van der Waals surface area contributed by atoms with Crippen LogP contribution in [0, 0.1) is 6.92 Å². The summed E-state index contributed by atoms with van der Waals surface area (Å²) in [4.78, 5) is 4.19. The third kappa shape index (κ3) is 1.62. The van der Waals surface area contributed by atoms with Crippen molar-refractivity contribution in [3.8, 4) is 11.4 Å². The molecule has 4 heteroatoms. The average molecular weight is 238 g/mol. The highest BCUT2D eigenvalue weighted by Crippen LogP contribution is 2.19. The molecule has 0 spiro atoms. The maximum absolute atomic E-state index is 4.19. The molecule has 0 amide bonds. The Hall–Kier alpha value is -1.16. The van der Waals surface area contributed by atoms with Crippen molar-refractivity contribution in [2.75, 3.05) is 0 Å². The zero-order valence-corrected chi connectivity index (χ0v) is 8.67. The fourth-order valence-electron chi connectivity index (χ4n) is 1.19. The van der Waals surface area contributed by atoms with Crippen molar-refractivity contribution in [2.24, 2.45) is 0 Å². The van der Waals surface area contributed by atoms with E-state index in [-0.39, 0.29) is 0 Å². The molecule has 0 aliphatic carbocycles. The van der Waals surface area contributed by atoms with Crippen molar-refractivity contribution >= 4 is 15.9 Å². The molecular formula is C9H8BrN3. The summed E-state index contributed by atoms with van der Waals surface area (Å²) in [5.41, 5.74) is 2.23. The van der Waals surface area contributed by atoms with Crippen molar-refractivity contribution in [3.05, 3.63) is 34.6 Å². The summed E-state index contributed by atoms with van der Waals surface area (Å²) in [5, 5.41) is 6.81. The molecule has 0 aliphatic rings. The molecule has 2 rings (SSSR count). The average Bonchev–Trinajstić information content (AvgIpc) is 2.53. The van der Waals surface area contributed by atoms with Gasteiger partial charge < -0.3 is 0 Å². The van der Waals surface area contributed by atoms with Crippen LogP contribution < -0.4 is 0 Å². The number of H-pyrrole nitrogens is 1. The van der Waals surface area contributed by atoms with Gasteiger partial charge in [-0.05, 0) is 28.4 Å². The molecule has 2 aromatic rings. The van der Waals surface area contributed by atoms with Crippen LogP contribution in [0.4, 0.5) is 0 Å². The van der Waals surface area contributed by atoms with E-state index in [9.17, 15) is 0 Å². The lowest BCUT2D eigenvalue weighted by molar-refractivity contribution is 1.07. The summed E-state index contributed by atoms with van der Waals surface area (Å²) < 4.78 is 0.658. The molecule has 13 heavy (non-hydrogen) atoms. The summed E-state index contributed by atoms with van der Waals surface area (Å²) in [6.45, 7) is 2.04. The normalized spacial score (nSPS) is 10.3. The first-order chi connectivity index (χ1) is 6.27. The number of nitrogens with one attached hydrogen (secondary N) is 1. The molecule has 0 radical (unpaired) electrons. The highest BCUT2D eigenvalue weighted by molar-refractivity contribution is 9.10. The number of aromatic nitrogens is 3. The number of hydrogen-bond donors (Lipinski definition) is 1. The van der Waals surface area contributed by atoms with Gasteiger partial charge in [0.15, 0.2) is 10.6 Å². The molecular weight excluding hydrogens is 230 g/mol. The van der Waals surface area contributed by atoms with Gasteiger partial charge in [0.05, 0.1) is 0 Å². The lowest BCUT2D eigenvalue weighted by atomic mass is 10.1. The van der Waals surface area contributed by atoms with Gasteiger partial charge in [0, 0.05) is 5.56 Å². The van der Waals surface area contributed by atoms with Crippen molar-refractivity contribution in [1.29, 1.82) is 0 Å². The van der Waals surface area contributed by atoms with E-state index in [0.717, 1.165) is 11.4 Å². The predicted octanol–water partition coefficient (Wildman–Crippen LogP) is 2.54. The van der Waals surface area contributed by atoms with Crippen LogP contribution in [-0.4, -0.2) is 15.2 Å². The Morgan fingerprint density at radius 3 is 2.69 bits per heavy atom. The van der Waals surface area contributed by atoms with Gasteiger partial charge in [-0.3, -0.25) is 5.10 Å². The Labute approximate surface area is 84.3 Å². The van der Waals surface area contributed by atoms with Gasteiger partial charge >= 0.3 is 0 Å². The van der Waals surface area contributed by atoms with Crippen LogP contribution in [0.25, 0.3) is 11.4 Å². The summed E-state index contributed by atoms with van der Waals surface area (Å²) in [6, 6.07) is 8.03. The molecule has 66 valence electrons. The smallest absolute Gasteiger partial charge is 0.193 e. The molecule has 0 aliphatic heterocycles. The van der Waals surface area contributed by atoms with Crippen LogP contribution in [0.5, 0.6) is 0 Å². The molecule has 0 atom stereocenters. The molecule has 0 unspecified atom stereocenters. The quantitative estimate of drug-likeness (QED) is 0.829. The molecule has 3 nitrogen and oxygen atoms in total. The molecule has 1 aromatic carbocycles. The summed E-state index contributed by atoms with van der Waals surface area (Å²) >= 11 is 3.22. The van der Waals surface area contributed by atoms with Gasteiger partial charge in [-0.25, -0.2) is 4.98 Å². The van der Waals surface area contributed by atoms with Gasteiger partial charge in [0.25, 0.3) is 0 Å². The maximum Gasteiger partial charge on any atom is 0.193 e. The Kier molecular flexibility index (Phi) is 2.14. The zero-order chi connectivity index (χ0) is 9.26. The number of aryl methyl sites for hydroxylation is 1. The first-order valence-corrected chi connectivity index (χ1v) is 4.70. The second-order valence-electron chi connectivity index (χ2n) is 2.76. The van der Waals surface area contributed by atoms with Crippen LogP contribution in [0.2, 0.25) is 0 Å². The Morgan fingerprint density at radius 2 is 2.08 bits per heavy atom. The Balaban J connectivity index is 2.52. The first-order valence-electron chi connectivity index (χ1n) is 3.91. The molecule has 0 fully saturated rings. The minimum atomic E-state index is 0.658. The van der Waals surface area contributed by atoms with E-state index >= 15 is 0 Å². The summed E-state index contributed by atoms with van der Waals surface area (Å²) in [5.74, 6) is 0.727. The lowest BCUT2D eigenvalue weighted by Crippen LogP contribution is -1.84. The molecule has 1 aromatic heterocycles. The number of nitrogens with zero attached hydrogens (tertiary/aromatic N) is 2. The van der Waals surface area contributed by atoms with Crippen molar-refractivity contribution in [1.82, 2.24) is 15.2 Å². The van der Waals surface area contributed by atoms with Crippen molar-refractivity contribution < 1.29 is 0 Å². The SMILES string of the molecule is Cc1ccccc1-c1n[nH]c(Br)n1. The van der Waals surface area contributed by atoms with Crippen LogP contribution >= 0.6 is 15.9 Å². The van der Waals surface area contributed by atoms with Gasteiger partial charge in [-0.15, -0.1) is 0 Å². The van der Waals surface area contributed by atoms with Gasteiger partial charge in [-0.2, -0.15) is 5.10 Å². The van der Waals surface area contributed by atoms with E-state index in [4.69, 9.17) is 0 Å². The third-order valence-corrected chi connectivity index (χ3v) is 2.20. The van der Waals surface area contributed by atoms with E-state index in [1.54, 1.807) is 0 Å². The topological polar surface area (TPSA) is 41.6 Å². The van der Waals surface area contributed by atoms with E-state index in [2.05, 4.69) is 31.1 Å². The van der Waals surface area contributed by atoms with Gasteiger partial charge in [0.1, 0.15) is 0 Å². The fraction of sp³-hybridized carbons (Fsp3) is 0.111. The number of rotatable bonds is 1. The minimum absolute atomic E-state index is 0.658. The fourth-order valence-corrected chi connectivity index (χ4v) is 1.44. The minimum Gasteiger partial charge on any atom is -0.253 e. The lowest BCUT2D eigenvalue weighted by Gasteiger charge is -1.98. The van der Waals surface area contributed by atoms with Gasteiger partial charge in [0.2, 0.25) is 0 Å². The predicted molar refractivity (Wildman–Crippen MR) is 54.3 cm³/mol. The highest BCUT2D eigenvalue weighted by Gasteiger charge is 2.05. The first kappa shape index (κ1) is 8.44. The van der Waals surface area contributed by atoms with Crippen molar-refractivity contribution in [2.45, 2.75) is 6.92 Å². The molecule has 1 N–H and O–H groups in total. The van der Waals surface area contributed by atoms with Crippen LogP contribution in [0.3, 0.4) is 0 Å². The third-order valence-electron chi connectivity index (χ3n) is 1.84. The Bertz CT molecular complexity index is 422. The van der Waals surface area contributed by atoms with Crippen molar-refractivity contribution in [3.63, 3.8) is 0 Å². The Morgan fingerprint density at radius 1 is 1.31 bits per heavy atom. The van der Waals surface area contributed by atoms with Crippen LogP contribution in [0.15, 0.2) is 29.0 Å². The highest BCUT2D eigenvalue weighted by atomic mass is 79.9. The van der Waals surface area contributed by atoms with Gasteiger partial charge in [-0.1, -0.05) is 24.3 Å². The van der Waals surface area contributed by atoms with Crippen LogP contribution in [-0.2, 0) is 0 Å². The molecule has 1 heterocycles. The monoisotopic (exact) mass is 237 g/mol. The molecule has 0 saturated heterocycles. The standard InChI is InChI=1S/C9H8BrN3/c1-6-4-2-3-5-7(6)8-11-9(10)13-12-8/h2-5H,1H3,(H,11,12,13).